The van der Waals surface area contributed by atoms with E-state index in [0.717, 1.165) is 26.7 Å². The minimum absolute atomic E-state index is 0.0187. The van der Waals surface area contributed by atoms with Crippen molar-refractivity contribution in [3.05, 3.63) is 76.7 Å². The summed E-state index contributed by atoms with van der Waals surface area (Å²) in [7, 11) is 1.84. The average molecular weight is 490 g/mol. The van der Waals surface area contributed by atoms with Crippen molar-refractivity contribution in [2.24, 2.45) is 7.05 Å². The Bertz CT molecular complexity index is 1790. The van der Waals surface area contributed by atoms with Crippen molar-refractivity contribution in [3.8, 4) is 22.7 Å². The molecule has 0 amide bonds. The number of benzene rings is 2. The molecule has 6 aromatic rings. The topological polar surface area (TPSA) is 74.8 Å². The lowest BCUT2D eigenvalue weighted by atomic mass is 10.0. The van der Waals surface area contributed by atoms with Crippen molar-refractivity contribution in [1.82, 2.24) is 24.3 Å². The fourth-order valence-corrected chi connectivity index (χ4v) is 4.80. The molecule has 0 unspecified atom stereocenters. The third kappa shape index (κ3) is 3.81. The Morgan fingerprint density at radius 1 is 1.03 bits per heavy atom. The van der Waals surface area contributed by atoms with Crippen LogP contribution < -0.4 is 10.3 Å². The number of ether oxygens (including phenoxy) is 1. The van der Waals surface area contributed by atoms with Gasteiger partial charge in [-0.3, -0.25) is 14.0 Å². The highest BCUT2D eigenvalue weighted by Gasteiger charge is 2.17. The van der Waals surface area contributed by atoms with Crippen LogP contribution in [0.15, 0.2) is 71.1 Å². The summed E-state index contributed by atoms with van der Waals surface area (Å²) in [5, 5.41) is 5.97. The molecule has 0 atom stereocenters. The quantitative estimate of drug-likeness (QED) is 0.333. The summed E-state index contributed by atoms with van der Waals surface area (Å²) in [5.74, 6) is 0.0187. The molecule has 0 bridgehead atoms. The summed E-state index contributed by atoms with van der Waals surface area (Å²) in [5.41, 5.74) is 5.11. The van der Waals surface area contributed by atoms with Gasteiger partial charge in [0, 0.05) is 35.6 Å². The number of hydrogen-bond donors (Lipinski definition) is 0. The van der Waals surface area contributed by atoms with Crippen LogP contribution in [0.5, 0.6) is 5.88 Å². The van der Waals surface area contributed by atoms with E-state index < -0.39 is 13.0 Å². The highest BCUT2D eigenvalue weighted by molar-refractivity contribution is 7.16. The van der Waals surface area contributed by atoms with Gasteiger partial charge in [-0.25, -0.2) is 13.8 Å². The summed E-state index contributed by atoms with van der Waals surface area (Å²) in [6.07, 6.45) is -0.741. The van der Waals surface area contributed by atoms with E-state index in [1.165, 1.54) is 22.0 Å². The molecule has 0 fully saturated rings. The lowest BCUT2D eigenvalue weighted by molar-refractivity contribution is 0.0797. The SMILES string of the molecule is Cn1cc2cc(-c3cc4ccc(OCC(F)F)nc4n(-c4ccc5scnc5c4)c3=O)ccc2n1. The zero-order valence-electron chi connectivity index (χ0n) is 18.4. The Morgan fingerprint density at radius 3 is 2.77 bits per heavy atom. The molecule has 0 N–H and O–H groups in total. The molecule has 4 aromatic heterocycles. The van der Waals surface area contributed by atoms with E-state index in [1.807, 2.05) is 49.6 Å². The van der Waals surface area contributed by atoms with Crippen molar-refractivity contribution in [1.29, 1.82) is 0 Å². The highest BCUT2D eigenvalue weighted by atomic mass is 32.1. The van der Waals surface area contributed by atoms with E-state index in [9.17, 15) is 13.6 Å². The van der Waals surface area contributed by atoms with E-state index >= 15 is 0 Å². The molecule has 0 aliphatic rings. The van der Waals surface area contributed by atoms with Crippen LogP contribution in [0.25, 0.3) is 49.0 Å². The minimum atomic E-state index is -2.63. The first kappa shape index (κ1) is 21.4. The van der Waals surface area contributed by atoms with Crippen molar-refractivity contribution < 1.29 is 13.5 Å². The number of nitrogens with zero attached hydrogens (tertiary/aromatic N) is 5. The molecule has 0 radical (unpaired) electrons. The van der Waals surface area contributed by atoms with Gasteiger partial charge in [-0.2, -0.15) is 10.1 Å². The molecule has 10 heteroatoms. The molecule has 0 saturated carbocycles. The fraction of sp³-hybridized carbons (Fsp3) is 0.120. The largest absolute Gasteiger partial charge is 0.472 e. The number of halogens is 2. The molecule has 0 aliphatic heterocycles. The highest BCUT2D eigenvalue weighted by Crippen LogP contribution is 2.28. The first-order valence-corrected chi connectivity index (χ1v) is 11.6. The Morgan fingerprint density at radius 2 is 1.91 bits per heavy atom. The second kappa shape index (κ2) is 8.24. The van der Waals surface area contributed by atoms with Gasteiger partial charge in [0.25, 0.3) is 12.0 Å². The standard InChI is InChI=1S/C25H17F2N5O2S/c1-31-11-16-8-14(2-5-19(16)30-31)18-9-15-3-7-23(34-12-22(26)27)29-24(15)32(25(18)33)17-4-6-21-20(10-17)28-13-35-21/h2-11,13,22H,12H2,1H3. The summed E-state index contributed by atoms with van der Waals surface area (Å²) < 4.78 is 34.7. The zero-order valence-corrected chi connectivity index (χ0v) is 19.2. The molecule has 0 saturated heterocycles. The number of fused-ring (bicyclic) bond motifs is 3. The van der Waals surface area contributed by atoms with Crippen LogP contribution in [0.4, 0.5) is 8.78 Å². The summed E-state index contributed by atoms with van der Waals surface area (Å²) in [6.45, 7) is -0.781. The lowest BCUT2D eigenvalue weighted by Gasteiger charge is -2.14. The maximum atomic E-state index is 13.9. The van der Waals surface area contributed by atoms with Crippen LogP contribution in [0.3, 0.4) is 0 Å². The molecule has 7 nitrogen and oxygen atoms in total. The van der Waals surface area contributed by atoms with Gasteiger partial charge >= 0.3 is 0 Å². The van der Waals surface area contributed by atoms with E-state index in [4.69, 9.17) is 4.74 Å². The maximum Gasteiger partial charge on any atom is 0.272 e. The number of pyridine rings is 2. The van der Waals surface area contributed by atoms with Crippen molar-refractivity contribution >= 4 is 43.5 Å². The van der Waals surface area contributed by atoms with Gasteiger partial charge in [0.1, 0.15) is 0 Å². The Labute approximate surface area is 200 Å². The van der Waals surface area contributed by atoms with Crippen LogP contribution >= 0.6 is 11.3 Å². The number of aromatic nitrogens is 5. The molecule has 0 aliphatic carbocycles. The lowest BCUT2D eigenvalue weighted by Crippen LogP contribution is -2.21. The summed E-state index contributed by atoms with van der Waals surface area (Å²) in [4.78, 5) is 22.7. The van der Waals surface area contributed by atoms with Crippen molar-refractivity contribution in [2.75, 3.05) is 6.61 Å². The van der Waals surface area contributed by atoms with Crippen LogP contribution in [-0.4, -0.2) is 37.3 Å². The number of aryl methyl sites for hydroxylation is 1. The molecular formula is C25H17F2N5O2S. The van der Waals surface area contributed by atoms with Gasteiger partial charge in [0.2, 0.25) is 5.88 Å². The molecule has 174 valence electrons. The van der Waals surface area contributed by atoms with Crippen molar-refractivity contribution in [2.45, 2.75) is 6.43 Å². The predicted molar refractivity (Wildman–Crippen MR) is 132 cm³/mol. The summed E-state index contributed by atoms with van der Waals surface area (Å²) >= 11 is 1.50. The Kier molecular flexibility index (Phi) is 5.03. The third-order valence-electron chi connectivity index (χ3n) is 5.68. The fourth-order valence-electron chi connectivity index (χ4n) is 4.14. The molecule has 2 aromatic carbocycles. The number of alkyl halides is 2. The number of rotatable bonds is 5. The number of thiazole rings is 1. The minimum Gasteiger partial charge on any atom is -0.472 e. The maximum absolute atomic E-state index is 13.9. The van der Waals surface area contributed by atoms with Gasteiger partial charge < -0.3 is 4.74 Å². The van der Waals surface area contributed by atoms with E-state index in [2.05, 4.69) is 15.1 Å². The first-order chi connectivity index (χ1) is 17.0. The van der Waals surface area contributed by atoms with Gasteiger partial charge in [-0.1, -0.05) is 6.07 Å². The van der Waals surface area contributed by atoms with Crippen molar-refractivity contribution in [3.63, 3.8) is 0 Å². The second-order valence-electron chi connectivity index (χ2n) is 8.04. The van der Waals surface area contributed by atoms with Gasteiger partial charge in [0.15, 0.2) is 12.3 Å². The van der Waals surface area contributed by atoms with Gasteiger partial charge in [-0.15, -0.1) is 11.3 Å². The average Bonchev–Trinajstić information content (AvgIpc) is 3.46. The molecule has 4 heterocycles. The Hall–Kier alpha value is -4.18. The van der Waals surface area contributed by atoms with Crippen LogP contribution in [0.2, 0.25) is 0 Å². The Balaban J connectivity index is 1.61. The van der Waals surface area contributed by atoms with E-state index in [1.54, 1.807) is 22.3 Å². The predicted octanol–water partition coefficient (Wildman–Crippen LogP) is 5.19. The third-order valence-corrected chi connectivity index (χ3v) is 6.49. The zero-order chi connectivity index (χ0) is 24.1. The van der Waals surface area contributed by atoms with E-state index in [-0.39, 0.29) is 11.4 Å². The molecule has 6 rings (SSSR count). The van der Waals surface area contributed by atoms with Gasteiger partial charge in [-0.05, 0) is 48.0 Å². The van der Waals surface area contributed by atoms with Gasteiger partial charge in [0.05, 0.1) is 26.9 Å². The number of hydrogen-bond acceptors (Lipinski definition) is 6. The first-order valence-electron chi connectivity index (χ1n) is 10.7. The monoisotopic (exact) mass is 489 g/mol. The normalized spacial score (nSPS) is 11.8. The molecule has 0 spiro atoms. The summed E-state index contributed by atoms with van der Waals surface area (Å²) in [6, 6.07) is 16.2. The molecular weight excluding hydrogens is 472 g/mol. The van der Waals surface area contributed by atoms with Crippen LogP contribution in [0.1, 0.15) is 0 Å². The molecule has 35 heavy (non-hydrogen) atoms. The smallest absolute Gasteiger partial charge is 0.272 e. The van der Waals surface area contributed by atoms with Crippen LogP contribution in [0, 0.1) is 0 Å². The van der Waals surface area contributed by atoms with E-state index in [0.29, 0.717) is 22.3 Å². The second-order valence-corrected chi connectivity index (χ2v) is 8.93. The van der Waals surface area contributed by atoms with Crippen LogP contribution in [-0.2, 0) is 7.05 Å².